The van der Waals surface area contributed by atoms with Crippen molar-refractivity contribution in [3.63, 3.8) is 0 Å². The molecule has 0 aliphatic carbocycles. The minimum absolute atomic E-state index is 0.118. The first-order valence-corrected chi connectivity index (χ1v) is 7.47. The van der Waals surface area contributed by atoms with Gasteiger partial charge in [0.25, 0.3) is 0 Å². The lowest BCUT2D eigenvalue weighted by Gasteiger charge is -2.11. The van der Waals surface area contributed by atoms with Crippen LogP contribution in [0.5, 0.6) is 5.75 Å². The summed E-state index contributed by atoms with van der Waals surface area (Å²) in [6.45, 7) is 4.13. The van der Waals surface area contributed by atoms with Crippen LogP contribution in [0, 0.1) is 0 Å². The number of carbonyl (C=O) groups is 1. The van der Waals surface area contributed by atoms with E-state index >= 15 is 0 Å². The highest BCUT2D eigenvalue weighted by molar-refractivity contribution is 6.30. The third kappa shape index (κ3) is 5.30. The van der Waals surface area contributed by atoms with Gasteiger partial charge in [-0.2, -0.15) is 0 Å². The van der Waals surface area contributed by atoms with Crippen molar-refractivity contribution in [3.8, 4) is 5.75 Å². The Hall–Kier alpha value is -2.20. The van der Waals surface area contributed by atoms with E-state index in [0.29, 0.717) is 5.02 Å². The van der Waals surface area contributed by atoms with Crippen LogP contribution in [0.3, 0.4) is 0 Å². The molecule has 0 aliphatic rings. The van der Waals surface area contributed by atoms with Gasteiger partial charge in [0.1, 0.15) is 5.75 Å². The Morgan fingerprint density at radius 1 is 1.05 bits per heavy atom. The summed E-state index contributed by atoms with van der Waals surface area (Å²) in [6, 6.07) is 14.5. The minimum atomic E-state index is -0.118. The van der Waals surface area contributed by atoms with Gasteiger partial charge in [-0.15, -0.1) is 0 Å². The maximum Gasteiger partial charge on any atom is 0.243 e. The number of hydrogen-bond donors (Lipinski definition) is 2. The highest BCUT2D eigenvalue weighted by Gasteiger charge is 2.03. The van der Waals surface area contributed by atoms with Gasteiger partial charge in [0, 0.05) is 16.4 Å². The second-order valence-electron chi connectivity index (χ2n) is 5.10. The zero-order valence-electron chi connectivity index (χ0n) is 12.6. The number of hydrogen-bond acceptors (Lipinski definition) is 3. The summed E-state index contributed by atoms with van der Waals surface area (Å²) < 4.78 is 5.55. The molecular formula is C17H19ClN2O2. The Labute approximate surface area is 135 Å². The van der Waals surface area contributed by atoms with Gasteiger partial charge in [0.2, 0.25) is 5.91 Å². The number of benzene rings is 2. The molecular weight excluding hydrogens is 300 g/mol. The van der Waals surface area contributed by atoms with Gasteiger partial charge in [0.15, 0.2) is 0 Å². The smallest absolute Gasteiger partial charge is 0.243 e. The fourth-order valence-corrected chi connectivity index (χ4v) is 1.97. The first-order chi connectivity index (χ1) is 10.5. The summed E-state index contributed by atoms with van der Waals surface area (Å²) in [4.78, 5) is 11.9. The molecule has 2 rings (SSSR count). The molecule has 0 atom stereocenters. The van der Waals surface area contributed by atoms with Crippen molar-refractivity contribution in [2.45, 2.75) is 20.0 Å². The summed E-state index contributed by atoms with van der Waals surface area (Å²) in [5.41, 5.74) is 1.58. The van der Waals surface area contributed by atoms with E-state index in [4.69, 9.17) is 16.3 Å². The molecule has 0 heterocycles. The number of amides is 1. The fraction of sp³-hybridized carbons (Fsp3) is 0.235. The topological polar surface area (TPSA) is 50.4 Å². The lowest BCUT2D eigenvalue weighted by atomic mass is 10.3. The van der Waals surface area contributed by atoms with Crippen molar-refractivity contribution in [2.24, 2.45) is 0 Å². The molecule has 0 bridgehead atoms. The van der Waals surface area contributed by atoms with Crippen LogP contribution < -0.4 is 15.4 Å². The molecule has 22 heavy (non-hydrogen) atoms. The molecule has 2 N–H and O–H groups in total. The number of carbonyl (C=O) groups excluding carboxylic acids is 1. The predicted octanol–water partition coefficient (Wildman–Crippen LogP) is 4.18. The zero-order valence-corrected chi connectivity index (χ0v) is 13.4. The van der Waals surface area contributed by atoms with E-state index in [2.05, 4.69) is 10.6 Å². The van der Waals surface area contributed by atoms with E-state index < -0.39 is 0 Å². The average molecular weight is 319 g/mol. The van der Waals surface area contributed by atoms with Gasteiger partial charge in [-0.05, 0) is 62.4 Å². The van der Waals surface area contributed by atoms with Gasteiger partial charge in [0.05, 0.1) is 12.6 Å². The van der Waals surface area contributed by atoms with Crippen LogP contribution in [0.4, 0.5) is 11.4 Å². The lowest BCUT2D eigenvalue weighted by molar-refractivity contribution is -0.114. The van der Waals surface area contributed by atoms with Crippen LogP contribution in [0.1, 0.15) is 13.8 Å². The van der Waals surface area contributed by atoms with Gasteiger partial charge < -0.3 is 15.4 Å². The van der Waals surface area contributed by atoms with E-state index in [1.807, 2.05) is 50.2 Å². The van der Waals surface area contributed by atoms with E-state index in [1.165, 1.54) is 0 Å². The lowest BCUT2D eigenvalue weighted by Crippen LogP contribution is -2.21. The number of ether oxygens (including phenoxy) is 1. The Morgan fingerprint density at radius 3 is 2.23 bits per heavy atom. The fourth-order valence-electron chi connectivity index (χ4n) is 1.84. The Morgan fingerprint density at radius 2 is 1.64 bits per heavy atom. The molecule has 0 radical (unpaired) electrons. The number of halogens is 1. The summed E-state index contributed by atoms with van der Waals surface area (Å²) in [5, 5.41) is 6.52. The first-order valence-electron chi connectivity index (χ1n) is 7.09. The van der Waals surface area contributed by atoms with Crippen molar-refractivity contribution < 1.29 is 9.53 Å². The third-order valence-corrected chi connectivity index (χ3v) is 3.06. The summed E-state index contributed by atoms with van der Waals surface area (Å²) >= 11 is 5.81. The Bertz CT molecular complexity index is 610. The molecule has 0 aromatic heterocycles. The second-order valence-corrected chi connectivity index (χ2v) is 5.54. The maximum atomic E-state index is 11.9. The molecule has 0 saturated heterocycles. The van der Waals surface area contributed by atoms with Crippen molar-refractivity contribution in [1.82, 2.24) is 0 Å². The molecule has 2 aromatic rings. The minimum Gasteiger partial charge on any atom is -0.491 e. The van der Waals surface area contributed by atoms with Crippen molar-refractivity contribution in [1.29, 1.82) is 0 Å². The molecule has 2 aromatic carbocycles. The maximum absolute atomic E-state index is 11.9. The molecule has 4 nitrogen and oxygen atoms in total. The second kappa shape index (κ2) is 7.71. The van der Waals surface area contributed by atoms with Crippen molar-refractivity contribution >= 4 is 28.9 Å². The average Bonchev–Trinajstić information content (AvgIpc) is 2.48. The highest BCUT2D eigenvalue weighted by Crippen LogP contribution is 2.17. The third-order valence-electron chi connectivity index (χ3n) is 2.81. The van der Waals surface area contributed by atoms with Crippen LogP contribution >= 0.6 is 11.6 Å². The highest BCUT2D eigenvalue weighted by atomic mass is 35.5. The summed E-state index contributed by atoms with van der Waals surface area (Å²) in [5.74, 6) is 0.666. The molecule has 0 spiro atoms. The van der Waals surface area contributed by atoms with Crippen molar-refractivity contribution in [2.75, 3.05) is 17.2 Å². The van der Waals surface area contributed by atoms with Crippen LogP contribution in [-0.2, 0) is 4.79 Å². The summed E-state index contributed by atoms with van der Waals surface area (Å²) in [7, 11) is 0. The molecule has 0 aliphatic heterocycles. The molecule has 5 heteroatoms. The molecule has 0 fully saturated rings. The van der Waals surface area contributed by atoms with E-state index in [0.717, 1.165) is 17.1 Å². The molecule has 0 unspecified atom stereocenters. The number of rotatable bonds is 6. The summed E-state index contributed by atoms with van der Waals surface area (Å²) in [6.07, 6.45) is 0.129. The van der Waals surface area contributed by atoms with Gasteiger partial charge in [-0.1, -0.05) is 11.6 Å². The van der Waals surface area contributed by atoms with Crippen LogP contribution in [0.15, 0.2) is 48.5 Å². The quantitative estimate of drug-likeness (QED) is 0.840. The van der Waals surface area contributed by atoms with Gasteiger partial charge in [-0.3, -0.25) is 4.79 Å². The Kier molecular flexibility index (Phi) is 5.67. The molecule has 116 valence electrons. The number of anilines is 2. The standard InChI is InChI=1S/C17H19ClN2O2/c1-12(2)22-16-9-7-15(8-10-16)20-17(21)11-19-14-5-3-13(18)4-6-14/h3-10,12,19H,11H2,1-2H3,(H,20,21). The van der Waals surface area contributed by atoms with E-state index in [9.17, 15) is 4.79 Å². The van der Waals surface area contributed by atoms with Gasteiger partial charge >= 0.3 is 0 Å². The Balaban J connectivity index is 1.82. The SMILES string of the molecule is CC(C)Oc1ccc(NC(=O)CNc2ccc(Cl)cc2)cc1. The predicted molar refractivity (Wildman–Crippen MR) is 90.8 cm³/mol. The monoisotopic (exact) mass is 318 g/mol. The van der Waals surface area contributed by atoms with Crippen LogP contribution in [-0.4, -0.2) is 18.6 Å². The van der Waals surface area contributed by atoms with E-state index in [-0.39, 0.29) is 18.6 Å². The zero-order chi connectivity index (χ0) is 15.9. The molecule has 1 amide bonds. The first kappa shape index (κ1) is 16.2. The molecule has 0 saturated carbocycles. The number of nitrogens with one attached hydrogen (secondary N) is 2. The van der Waals surface area contributed by atoms with Crippen LogP contribution in [0.2, 0.25) is 5.02 Å². The largest absolute Gasteiger partial charge is 0.491 e. The van der Waals surface area contributed by atoms with Crippen LogP contribution in [0.25, 0.3) is 0 Å². The van der Waals surface area contributed by atoms with Crippen molar-refractivity contribution in [3.05, 3.63) is 53.6 Å². The normalized spacial score (nSPS) is 10.4. The van der Waals surface area contributed by atoms with E-state index in [1.54, 1.807) is 12.1 Å². The van der Waals surface area contributed by atoms with Gasteiger partial charge in [-0.25, -0.2) is 0 Å².